The SMILES string of the molecule is CC(C)(C)OC(=O)N1CCC2(CC1)Cc1cc(Br)cnc1NC2=O. The molecule has 0 saturated carbocycles. The van der Waals surface area contributed by atoms with Crippen LogP contribution in [0, 0.1) is 5.41 Å². The van der Waals surface area contributed by atoms with E-state index in [1.54, 1.807) is 11.1 Å². The smallest absolute Gasteiger partial charge is 0.410 e. The van der Waals surface area contributed by atoms with Crippen LogP contribution >= 0.6 is 15.9 Å². The fourth-order valence-corrected chi connectivity index (χ4v) is 3.64. The molecule has 24 heavy (non-hydrogen) atoms. The van der Waals surface area contributed by atoms with Crippen LogP contribution in [-0.2, 0) is 16.0 Å². The minimum atomic E-state index is -0.509. The van der Waals surface area contributed by atoms with Gasteiger partial charge in [0.1, 0.15) is 11.4 Å². The Balaban J connectivity index is 1.71. The molecule has 0 atom stereocenters. The third kappa shape index (κ3) is 3.41. The van der Waals surface area contributed by atoms with E-state index in [9.17, 15) is 9.59 Å². The molecule has 1 saturated heterocycles. The summed E-state index contributed by atoms with van der Waals surface area (Å²) in [5.41, 5.74) is 0.0638. The van der Waals surface area contributed by atoms with Gasteiger partial charge >= 0.3 is 6.09 Å². The zero-order valence-electron chi connectivity index (χ0n) is 14.2. The summed E-state index contributed by atoms with van der Waals surface area (Å²) in [6.45, 7) is 6.62. The van der Waals surface area contributed by atoms with Crippen LogP contribution in [-0.4, -0.2) is 40.6 Å². The number of likely N-dealkylation sites (tertiary alicyclic amines) is 1. The Labute approximate surface area is 150 Å². The number of nitrogens with one attached hydrogen (secondary N) is 1. The van der Waals surface area contributed by atoms with Gasteiger partial charge in [-0.05, 0) is 67.6 Å². The molecule has 0 aromatic carbocycles. The van der Waals surface area contributed by atoms with Gasteiger partial charge in [-0.1, -0.05) is 0 Å². The molecule has 0 unspecified atom stereocenters. The van der Waals surface area contributed by atoms with E-state index in [0.29, 0.717) is 38.2 Å². The highest BCUT2D eigenvalue weighted by Gasteiger charge is 2.46. The third-order valence-electron chi connectivity index (χ3n) is 4.55. The number of carbonyl (C=O) groups is 2. The number of nitrogens with zero attached hydrogens (tertiary/aromatic N) is 2. The van der Waals surface area contributed by atoms with E-state index in [-0.39, 0.29) is 12.0 Å². The Bertz CT molecular complexity index is 676. The first-order chi connectivity index (χ1) is 11.2. The molecule has 1 spiro atoms. The van der Waals surface area contributed by atoms with E-state index in [4.69, 9.17) is 4.74 Å². The Morgan fingerprint density at radius 2 is 2.04 bits per heavy atom. The second-order valence-electron chi connectivity index (χ2n) is 7.54. The molecular weight excluding hydrogens is 374 g/mol. The fourth-order valence-electron chi connectivity index (χ4n) is 3.26. The van der Waals surface area contributed by atoms with E-state index in [0.717, 1.165) is 10.0 Å². The Morgan fingerprint density at radius 1 is 1.38 bits per heavy atom. The number of pyridine rings is 1. The zero-order valence-corrected chi connectivity index (χ0v) is 15.8. The molecule has 7 heteroatoms. The van der Waals surface area contributed by atoms with Gasteiger partial charge in [-0.25, -0.2) is 9.78 Å². The summed E-state index contributed by atoms with van der Waals surface area (Å²) in [5.74, 6) is 0.650. The van der Waals surface area contributed by atoms with Crippen molar-refractivity contribution in [2.75, 3.05) is 18.4 Å². The number of piperidine rings is 1. The predicted molar refractivity (Wildman–Crippen MR) is 93.7 cm³/mol. The summed E-state index contributed by atoms with van der Waals surface area (Å²) >= 11 is 3.43. The van der Waals surface area contributed by atoms with Crippen LogP contribution in [0.4, 0.5) is 10.6 Å². The van der Waals surface area contributed by atoms with Crippen LogP contribution in [0.25, 0.3) is 0 Å². The van der Waals surface area contributed by atoms with E-state index in [1.807, 2.05) is 26.8 Å². The molecule has 3 rings (SSSR count). The number of carbonyl (C=O) groups excluding carboxylic acids is 2. The van der Waals surface area contributed by atoms with Gasteiger partial charge in [-0.2, -0.15) is 0 Å². The molecule has 1 fully saturated rings. The van der Waals surface area contributed by atoms with E-state index in [1.165, 1.54) is 0 Å². The molecule has 1 N–H and O–H groups in total. The van der Waals surface area contributed by atoms with E-state index < -0.39 is 11.0 Å². The van der Waals surface area contributed by atoms with Crippen LogP contribution in [0.3, 0.4) is 0 Å². The lowest BCUT2D eigenvalue weighted by molar-refractivity contribution is -0.129. The van der Waals surface area contributed by atoms with Crippen LogP contribution in [0.5, 0.6) is 0 Å². The highest BCUT2D eigenvalue weighted by molar-refractivity contribution is 9.10. The highest BCUT2D eigenvalue weighted by atomic mass is 79.9. The molecule has 3 heterocycles. The van der Waals surface area contributed by atoms with Gasteiger partial charge in [0.15, 0.2) is 0 Å². The quantitative estimate of drug-likeness (QED) is 0.730. The van der Waals surface area contributed by atoms with Gasteiger partial charge in [-0.15, -0.1) is 0 Å². The molecule has 2 amide bonds. The van der Waals surface area contributed by atoms with Crippen molar-refractivity contribution in [3.8, 4) is 0 Å². The van der Waals surface area contributed by atoms with Gasteiger partial charge in [0.05, 0.1) is 5.41 Å². The van der Waals surface area contributed by atoms with Crippen molar-refractivity contribution in [3.63, 3.8) is 0 Å². The first kappa shape index (κ1) is 17.2. The number of fused-ring (bicyclic) bond motifs is 1. The Morgan fingerprint density at radius 3 is 2.67 bits per heavy atom. The van der Waals surface area contributed by atoms with Crippen molar-refractivity contribution in [2.24, 2.45) is 5.41 Å². The summed E-state index contributed by atoms with van der Waals surface area (Å²) in [4.78, 5) is 30.8. The lowest BCUT2D eigenvalue weighted by Crippen LogP contribution is -2.51. The number of amides is 2. The van der Waals surface area contributed by atoms with Crippen molar-refractivity contribution in [2.45, 2.75) is 45.6 Å². The fraction of sp³-hybridized carbons (Fsp3) is 0.588. The number of halogens is 1. The average Bonchev–Trinajstić information content (AvgIpc) is 2.48. The predicted octanol–water partition coefficient (Wildman–Crippen LogP) is 3.36. The van der Waals surface area contributed by atoms with Gasteiger partial charge in [-0.3, -0.25) is 4.79 Å². The van der Waals surface area contributed by atoms with Gasteiger partial charge in [0.2, 0.25) is 5.91 Å². The second kappa shape index (κ2) is 6.02. The Hall–Kier alpha value is -1.63. The van der Waals surface area contributed by atoms with Crippen LogP contribution in [0.15, 0.2) is 16.7 Å². The third-order valence-corrected chi connectivity index (χ3v) is 4.98. The topological polar surface area (TPSA) is 71.5 Å². The second-order valence-corrected chi connectivity index (χ2v) is 8.46. The standard InChI is InChI=1S/C17H22BrN3O3/c1-16(2,3)24-15(23)21-6-4-17(5-7-21)9-11-8-12(18)10-19-13(11)20-14(17)22/h8,10H,4-7,9H2,1-3H3,(H,19,20,22). The molecule has 0 bridgehead atoms. The first-order valence-electron chi connectivity index (χ1n) is 8.12. The van der Waals surface area contributed by atoms with Crippen LogP contribution in [0.1, 0.15) is 39.2 Å². The number of hydrogen-bond donors (Lipinski definition) is 1. The van der Waals surface area contributed by atoms with Crippen LogP contribution < -0.4 is 5.32 Å². The summed E-state index contributed by atoms with van der Waals surface area (Å²) in [6, 6.07) is 2.00. The highest BCUT2D eigenvalue weighted by Crippen LogP contribution is 2.41. The molecule has 0 radical (unpaired) electrons. The maximum atomic E-state index is 12.6. The monoisotopic (exact) mass is 395 g/mol. The number of aromatic nitrogens is 1. The molecule has 1 aromatic rings. The summed E-state index contributed by atoms with van der Waals surface area (Å²) in [7, 11) is 0. The number of anilines is 1. The minimum absolute atomic E-state index is 0.00802. The largest absolute Gasteiger partial charge is 0.444 e. The average molecular weight is 396 g/mol. The summed E-state index contributed by atoms with van der Waals surface area (Å²) < 4.78 is 6.32. The van der Waals surface area contributed by atoms with Crippen molar-refractivity contribution >= 4 is 33.7 Å². The lowest BCUT2D eigenvalue weighted by Gasteiger charge is -2.43. The maximum Gasteiger partial charge on any atom is 0.410 e. The first-order valence-corrected chi connectivity index (χ1v) is 8.92. The maximum absolute atomic E-state index is 12.6. The molecular formula is C17H22BrN3O3. The molecule has 1 aromatic heterocycles. The van der Waals surface area contributed by atoms with Crippen molar-refractivity contribution in [3.05, 3.63) is 22.3 Å². The lowest BCUT2D eigenvalue weighted by atomic mass is 9.71. The van der Waals surface area contributed by atoms with Crippen molar-refractivity contribution in [1.82, 2.24) is 9.88 Å². The normalized spacial score (nSPS) is 19.7. The van der Waals surface area contributed by atoms with Crippen LogP contribution in [0.2, 0.25) is 0 Å². The van der Waals surface area contributed by atoms with Crippen molar-refractivity contribution in [1.29, 1.82) is 0 Å². The molecule has 6 nitrogen and oxygen atoms in total. The number of hydrogen-bond acceptors (Lipinski definition) is 4. The van der Waals surface area contributed by atoms with Gasteiger partial charge < -0.3 is 15.0 Å². The summed E-state index contributed by atoms with van der Waals surface area (Å²) in [6.07, 6.45) is 3.29. The number of ether oxygens (including phenoxy) is 1. The van der Waals surface area contributed by atoms with Gasteiger partial charge in [0, 0.05) is 23.8 Å². The summed E-state index contributed by atoms with van der Waals surface area (Å²) in [5, 5.41) is 2.92. The Kier molecular flexibility index (Phi) is 4.32. The molecule has 130 valence electrons. The van der Waals surface area contributed by atoms with E-state index in [2.05, 4.69) is 26.2 Å². The van der Waals surface area contributed by atoms with Crippen molar-refractivity contribution < 1.29 is 14.3 Å². The molecule has 2 aliphatic heterocycles. The minimum Gasteiger partial charge on any atom is -0.444 e. The molecule has 0 aliphatic carbocycles. The van der Waals surface area contributed by atoms with E-state index >= 15 is 0 Å². The number of rotatable bonds is 0. The van der Waals surface area contributed by atoms with Gasteiger partial charge in [0.25, 0.3) is 0 Å². The zero-order chi connectivity index (χ0) is 17.5. The molecule has 2 aliphatic rings.